The summed E-state index contributed by atoms with van der Waals surface area (Å²) < 4.78 is 12.7. The number of thiocarbonyl (C=S) groups is 1. The molecule has 0 amide bonds. The van der Waals surface area contributed by atoms with Crippen molar-refractivity contribution in [3.05, 3.63) is 75.7 Å². The summed E-state index contributed by atoms with van der Waals surface area (Å²) in [6, 6.07) is 14.1. The molecule has 0 saturated heterocycles. The van der Waals surface area contributed by atoms with Crippen molar-refractivity contribution in [3.8, 4) is 22.9 Å². The molecule has 0 aliphatic rings. The fourth-order valence-corrected chi connectivity index (χ4v) is 2.71. The average molecular weight is 444 g/mol. The number of hydrazone groups is 1. The highest BCUT2D eigenvalue weighted by Gasteiger charge is 2.15. The molecular weight excluding hydrogens is 426 g/mol. The monoisotopic (exact) mass is 443 g/mol. The molecule has 0 saturated carbocycles. The zero-order valence-corrected chi connectivity index (χ0v) is 17.5. The zero-order chi connectivity index (χ0) is 21.5. The molecular formula is C20H18ClN5O3S. The Morgan fingerprint density at radius 1 is 1.27 bits per heavy atom. The van der Waals surface area contributed by atoms with Crippen LogP contribution in [0.4, 0.5) is 0 Å². The summed E-state index contributed by atoms with van der Waals surface area (Å²) in [6.45, 7) is 2.25. The largest absolute Gasteiger partial charge is 0.490 e. The standard InChI is InChI=1S/C20H18ClN5O3S/c1-2-28-16-10-13(11-23-25-20(22)30)8-9-15(16)29-17-12-24-26(19(27)18(17)21)14-6-4-3-5-7-14/h3-12H,2H2,1H3,(H3,22,25,30). The van der Waals surface area contributed by atoms with Crippen LogP contribution in [0.5, 0.6) is 17.2 Å². The van der Waals surface area contributed by atoms with E-state index in [-0.39, 0.29) is 15.9 Å². The third kappa shape index (κ3) is 5.13. The van der Waals surface area contributed by atoms with E-state index in [1.165, 1.54) is 17.1 Å². The smallest absolute Gasteiger partial charge is 0.294 e. The van der Waals surface area contributed by atoms with Gasteiger partial charge in [-0.15, -0.1) is 0 Å². The van der Waals surface area contributed by atoms with E-state index in [1.54, 1.807) is 42.5 Å². The summed E-state index contributed by atoms with van der Waals surface area (Å²) in [4.78, 5) is 12.6. The van der Waals surface area contributed by atoms with E-state index in [2.05, 4.69) is 15.6 Å². The Balaban J connectivity index is 1.90. The van der Waals surface area contributed by atoms with Gasteiger partial charge in [-0.05, 0) is 55.0 Å². The Labute approximate surface area is 182 Å². The van der Waals surface area contributed by atoms with Crippen LogP contribution >= 0.6 is 23.8 Å². The van der Waals surface area contributed by atoms with Crippen LogP contribution in [0.3, 0.4) is 0 Å². The zero-order valence-electron chi connectivity index (χ0n) is 15.9. The molecule has 0 fully saturated rings. The van der Waals surface area contributed by atoms with Gasteiger partial charge in [0.1, 0.15) is 0 Å². The highest BCUT2D eigenvalue weighted by atomic mass is 35.5. The van der Waals surface area contributed by atoms with Gasteiger partial charge in [0.05, 0.1) is 24.7 Å². The first-order chi connectivity index (χ1) is 14.5. The summed E-state index contributed by atoms with van der Waals surface area (Å²) in [5.41, 5.74) is 8.63. The number of hydrogen-bond donors (Lipinski definition) is 2. The summed E-state index contributed by atoms with van der Waals surface area (Å²) in [5, 5.41) is 8.03. The van der Waals surface area contributed by atoms with Gasteiger partial charge in [-0.2, -0.15) is 14.9 Å². The van der Waals surface area contributed by atoms with Crippen molar-refractivity contribution in [2.24, 2.45) is 10.8 Å². The lowest BCUT2D eigenvalue weighted by atomic mass is 10.2. The Kier molecular flexibility index (Phi) is 6.99. The number of nitrogens with one attached hydrogen (secondary N) is 1. The molecule has 0 aliphatic heterocycles. The number of nitrogens with two attached hydrogens (primary N) is 1. The number of para-hydroxylation sites is 1. The minimum absolute atomic E-state index is 0.0589. The van der Waals surface area contributed by atoms with Gasteiger partial charge < -0.3 is 15.2 Å². The molecule has 0 radical (unpaired) electrons. The van der Waals surface area contributed by atoms with Gasteiger partial charge >= 0.3 is 0 Å². The second-order valence-electron chi connectivity index (χ2n) is 5.85. The minimum atomic E-state index is -0.495. The van der Waals surface area contributed by atoms with Crippen molar-refractivity contribution in [1.29, 1.82) is 0 Å². The number of hydrogen-bond acceptors (Lipinski definition) is 6. The number of ether oxygens (including phenoxy) is 2. The van der Waals surface area contributed by atoms with Gasteiger partial charge in [0.15, 0.2) is 27.4 Å². The van der Waals surface area contributed by atoms with Crippen molar-refractivity contribution in [3.63, 3.8) is 0 Å². The third-order valence-electron chi connectivity index (χ3n) is 3.76. The minimum Gasteiger partial charge on any atom is -0.490 e. The summed E-state index contributed by atoms with van der Waals surface area (Å²) in [7, 11) is 0. The first-order valence-corrected chi connectivity index (χ1v) is 9.64. The molecule has 1 aromatic heterocycles. The van der Waals surface area contributed by atoms with Crippen LogP contribution in [0, 0.1) is 0 Å². The maximum atomic E-state index is 12.6. The number of benzene rings is 2. The summed E-state index contributed by atoms with van der Waals surface area (Å²) >= 11 is 11.0. The van der Waals surface area contributed by atoms with E-state index in [1.807, 2.05) is 13.0 Å². The lowest BCUT2D eigenvalue weighted by Crippen LogP contribution is -2.23. The van der Waals surface area contributed by atoms with Crippen LogP contribution in [0.1, 0.15) is 12.5 Å². The molecule has 3 N–H and O–H groups in total. The molecule has 0 unspecified atom stereocenters. The Morgan fingerprint density at radius 3 is 2.73 bits per heavy atom. The van der Waals surface area contributed by atoms with Crippen LogP contribution in [0.2, 0.25) is 5.02 Å². The van der Waals surface area contributed by atoms with Crippen molar-refractivity contribution < 1.29 is 9.47 Å². The van der Waals surface area contributed by atoms with Crippen molar-refractivity contribution in [2.45, 2.75) is 6.92 Å². The van der Waals surface area contributed by atoms with E-state index in [4.69, 9.17) is 39.0 Å². The lowest BCUT2D eigenvalue weighted by Gasteiger charge is -2.13. The van der Waals surface area contributed by atoms with Crippen LogP contribution in [0.25, 0.3) is 5.69 Å². The highest BCUT2D eigenvalue weighted by molar-refractivity contribution is 7.80. The van der Waals surface area contributed by atoms with E-state index < -0.39 is 5.56 Å². The second kappa shape index (κ2) is 9.86. The van der Waals surface area contributed by atoms with Crippen LogP contribution in [-0.4, -0.2) is 27.7 Å². The Morgan fingerprint density at radius 2 is 2.03 bits per heavy atom. The molecule has 2 aromatic carbocycles. The van der Waals surface area contributed by atoms with Gasteiger partial charge in [-0.3, -0.25) is 10.2 Å². The molecule has 3 aromatic rings. The second-order valence-corrected chi connectivity index (χ2v) is 6.67. The fraction of sp³-hybridized carbons (Fsp3) is 0.100. The third-order valence-corrected chi connectivity index (χ3v) is 4.20. The quantitative estimate of drug-likeness (QED) is 0.328. The number of rotatable bonds is 7. The van der Waals surface area contributed by atoms with Gasteiger partial charge in [-0.25, -0.2) is 0 Å². The first kappa shape index (κ1) is 21.3. The molecule has 0 aliphatic carbocycles. The molecule has 30 heavy (non-hydrogen) atoms. The molecule has 1 heterocycles. The first-order valence-electron chi connectivity index (χ1n) is 8.86. The van der Waals surface area contributed by atoms with Gasteiger partial charge in [0.25, 0.3) is 5.56 Å². The Bertz CT molecular complexity index is 1140. The SMILES string of the molecule is CCOc1cc(C=NNC(N)=S)ccc1Oc1cnn(-c2ccccc2)c(=O)c1Cl. The maximum Gasteiger partial charge on any atom is 0.294 e. The molecule has 3 rings (SSSR count). The van der Waals surface area contributed by atoms with E-state index >= 15 is 0 Å². The fourth-order valence-electron chi connectivity index (χ4n) is 2.49. The molecule has 8 nitrogen and oxygen atoms in total. The number of nitrogens with zero attached hydrogens (tertiary/aromatic N) is 3. The van der Waals surface area contributed by atoms with Gasteiger partial charge in [-0.1, -0.05) is 29.8 Å². The summed E-state index contributed by atoms with van der Waals surface area (Å²) in [5.74, 6) is 0.934. The van der Waals surface area contributed by atoms with Gasteiger partial charge in [0.2, 0.25) is 0 Å². The van der Waals surface area contributed by atoms with Crippen molar-refractivity contribution in [1.82, 2.24) is 15.2 Å². The molecule has 0 atom stereocenters. The molecule has 0 spiro atoms. The topological polar surface area (TPSA) is 104 Å². The molecule has 10 heteroatoms. The van der Waals surface area contributed by atoms with E-state index in [0.29, 0.717) is 23.8 Å². The average Bonchev–Trinajstić information content (AvgIpc) is 2.74. The van der Waals surface area contributed by atoms with Crippen molar-refractivity contribution in [2.75, 3.05) is 6.61 Å². The predicted octanol–water partition coefficient (Wildman–Crippen LogP) is 3.24. The lowest BCUT2D eigenvalue weighted by molar-refractivity contribution is 0.321. The van der Waals surface area contributed by atoms with Crippen LogP contribution in [0.15, 0.2) is 64.6 Å². The molecule has 0 bridgehead atoms. The predicted molar refractivity (Wildman–Crippen MR) is 120 cm³/mol. The maximum absolute atomic E-state index is 12.6. The number of aromatic nitrogens is 2. The highest BCUT2D eigenvalue weighted by Crippen LogP contribution is 2.34. The van der Waals surface area contributed by atoms with Gasteiger partial charge in [0, 0.05) is 0 Å². The van der Waals surface area contributed by atoms with Crippen LogP contribution in [-0.2, 0) is 0 Å². The molecule has 154 valence electrons. The normalized spacial score (nSPS) is 10.7. The number of halogens is 1. The van der Waals surface area contributed by atoms with Crippen LogP contribution < -0.4 is 26.2 Å². The summed E-state index contributed by atoms with van der Waals surface area (Å²) in [6.07, 6.45) is 2.91. The Hall–Kier alpha value is -3.43. The van der Waals surface area contributed by atoms with Crippen molar-refractivity contribution >= 4 is 35.1 Å². The van der Waals surface area contributed by atoms with E-state index in [9.17, 15) is 4.79 Å². The van der Waals surface area contributed by atoms with E-state index in [0.717, 1.165) is 5.56 Å².